The van der Waals surface area contributed by atoms with E-state index in [1.54, 1.807) is 11.8 Å². The molecule has 1 aliphatic rings. The molecule has 2 aromatic rings. The molecule has 1 fully saturated rings. The zero-order valence-corrected chi connectivity index (χ0v) is 15.9. The smallest absolute Gasteiger partial charge is 0.150 e. The minimum absolute atomic E-state index is 0.415. The molecule has 1 aromatic carbocycles. The number of rotatable bonds is 6. The molecule has 0 aliphatic carbocycles. The van der Waals surface area contributed by atoms with Gasteiger partial charge in [-0.3, -0.25) is 4.90 Å². The number of carbonyl (C=O) groups excluding carboxylic acids is 1. The Morgan fingerprint density at radius 1 is 1.36 bits per heavy atom. The van der Waals surface area contributed by atoms with Crippen LogP contribution in [0.4, 0.5) is 5.69 Å². The van der Waals surface area contributed by atoms with E-state index in [-0.39, 0.29) is 0 Å². The van der Waals surface area contributed by atoms with Crippen LogP contribution >= 0.6 is 11.8 Å². The molecule has 1 N–H and O–H groups in total. The van der Waals surface area contributed by atoms with E-state index in [1.807, 2.05) is 32.6 Å². The number of carbonyl (C=O) groups is 1. The lowest BCUT2D eigenvalue weighted by Gasteiger charge is -2.40. The fourth-order valence-electron chi connectivity index (χ4n) is 3.48. The highest BCUT2D eigenvalue weighted by Gasteiger charge is 2.35. The van der Waals surface area contributed by atoms with Crippen LogP contribution in [-0.2, 0) is 4.79 Å². The standard InChI is InChI=1S/C19H26N4OS/c1-19(14-24,25-3)22-10-7-15(8-11-22)18-21-9-12-23(18)17-6-4-5-16(13-17)20-2/h4-6,9,12-15,20H,7-8,10-11H2,1-3H3. The maximum atomic E-state index is 11.5. The number of anilines is 1. The summed E-state index contributed by atoms with van der Waals surface area (Å²) in [6.45, 7) is 3.85. The maximum Gasteiger partial charge on any atom is 0.150 e. The van der Waals surface area contributed by atoms with Gasteiger partial charge in [0, 0.05) is 49.8 Å². The average Bonchev–Trinajstić information content (AvgIpc) is 3.17. The second-order valence-corrected chi connectivity index (χ2v) is 7.83. The number of likely N-dealkylation sites (tertiary alicyclic amines) is 1. The zero-order valence-electron chi connectivity index (χ0n) is 15.1. The van der Waals surface area contributed by atoms with Gasteiger partial charge in [-0.05, 0) is 44.2 Å². The highest BCUT2D eigenvalue weighted by atomic mass is 32.2. The van der Waals surface area contributed by atoms with Crippen molar-refractivity contribution in [2.24, 2.45) is 0 Å². The maximum absolute atomic E-state index is 11.5. The first-order valence-corrected chi connectivity index (χ1v) is 9.91. The summed E-state index contributed by atoms with van der Waals surface area (Å²) in [5, 5.41) is 3.19. The fourth-order valence-corrected chi connectivity index (χ4v) is 4.02. The lowest BCUT2D eigenvalue weighted by atomic mass is 9.95. The molecule has 0 amide bonds. The molecule has 1 saturated heterocycles. The summed E-state index contributed by atoms with van der Waals surface area (Å²) in [5.74, 6) is 1.53. The SMILES string of the molecule is CNc1cccc(-n2ccnc2C2CCN(C(C)(C=O)SC)CC2)c1. The molecule has 0 saturated carbocycles. The van der Waals surface area contributed by atoms with Crippen molar-refractivity contribution in [3.8, 4) is 5.69 Å². The number of thioether (sulfide) groups is 1. The molecule has 6 heteroatoms. The highest BCUT2D eigenvalue weighted by Crippen LogP contribution is 2.34. The van der Waals surface area contributed by atoms with Crippen molar-refractivity contribution in [1.82, 2.24) is 14.5 Å². The van der Waals surface area contributed by atoms with E-state index in [4.69, 9.17) is 0 Å². The molecular weight excluding hydrogens is 332 g/mol. The number of aldehydes is 1. The molecular formula is C19H26N4OS. The Bertz CT molecular complexity index is 724. The molecule has 0 radical (unpaired) electrons. The summed E-state index contributed by atoms with van der Waals surface area (Å²) < 4.78 is 2.19. The first-order valence-electron chi connectivity index (χ1n) is 8.69. The summed E-state index contributed by atoms with van der Waals surface area (Å²) in [5.41, 5.74) is 2.22. The highest BCUT2D eigenvalue weighted by molar-refractivity contribution is 8.00. The van der Waals surface area contributed by atoms with E-state index >= 15 is 0 Å². The van der Waals surface area contributed by atoms with Crippen molar-refractivity contribution in [3.63, 3.8) is 0 Å². The number of hydrogen-bond acceptors (Lipinski definition) is 5. The van der Waals surface area contributed by atoms with Crippen molar-refractivity contribution >= 4 is 23.7 Å². The predicted molar refractivity (Wildman–Crippen MR) is 105 cm³/mol. The number of aromatic nitrogens is 2. The normalized spacial score (nSPS) is 18.7. The first-order chi connectivity index (χ1) is 12.1. The van der Waals surface area contributed by atoms with Crippen LogP contribution in [0.5, 0.6) is 0 Å². The van der Waals surface area contributed by atoms with Crippen molar-refractivity contribution in [2.45, 2.75) is 30.6 Å². The zero-order chi connectivity index (χ0) is 17.9. The van der Waals surface area contributed by atoms with Gasteiger partial charge in [-0.1, -0.05) is 6.07 Å². The van der Waals surface area contributed by atoms with Gasteiger partial charge in [-0.15, -0.1) is 11.8 Å². The number of piperidine rings is 1. The van der Waals surface area contributed by atoms with Gasteiger partial charge in [0.15, 0.2) is 0 Å². The molecule has 5 nitrogen and oxygen atoms in total. The lowest BCUT2D eigenvalue weighted by Crippen LogP contribution is -2.48. The summed E-state index contributed by atoms with van der Waals surface area (Å²) in [6, 6.07) is 8.36. The van der Waals surface area contributed by atoms with Crippen LogP contribution in [0.25, 0.3) is 5.69 Å². The Balaban J connectivity index is 1.77. The second kappa shape index (κ2) is 7.62. The Morgan fingerprint density at radius 3 is 2.76 bits per heavy atom. The van der Waals surface area contributed by atoms with Gasteiger partial charge < -0.3 is 14.7 Å². The van der Waals surface area contributed by atoms with E-state index in [2.05, 4.69) is 44.0 Å². The third kappa shape index (κ3) is 3.60. The number of hydrogen-bond donors (Lipinski definition) is 1. The van der Waals surface area contributed by atoms with Gasteiger partial charge in [-0.2, -0.15) is 0 Å². The topological polar surface area (TPSA) is 50.2 Å². The largest absolute Gasteiger partial charge is 0.388 e. The molecule has 0 spiro atoms. The van der Waals surface area contributed by atoms with Crippen LogP contribution in [0, 0.1) is 0 Å². The van der Waals surface area contributed by atoms with Crippen LogP contribution in [0.1, 0.15) is 31.5 Å². The molecule has 0 bridgehead atoms. The molecule has 3 rings (SSSR count). The molecule has 1 aliphatic heterocycles. The Hall–Kier alpha value is -1.79. The van der Waals surface area contributed by atoms with Crippen LogP contribution in [0.2, 0.25) is 0 Å². The van der Waals surface area contributed by atoms with Crippen molar-refractivity contribution < 1.29 is 4.79 Å². The Kier molecular flexibility index (Phi) is 5.49. The second-order valence-electron chi connectivity index (χ2n) is 6.59. The molecule has 1 atom stereocenters. The lowest BCUT2D eigenvalue weighted by molar-refractivity contribution is -0.113. The summed E-state index contributed by atoms with van der Waals surface area (Å²) >= 11 is 1.61. The van der Waals surface area contributed by atoms with E-state index in [0.717, 1.165) is 49.4 Å². The van der Waals surface area contributed by atoms with Crippen LogP contribution < -0.4 is 5.32 Å². The summed E-state index contributed by atoms with van der Waals surface area (Å²) in [4.78, 5) is 18.0. The molecule has 1 unspecified atom stereocenters. The van der Waals surface area contributed by atoms with Gasteiger partial charge in [0.25, 0.3) is 0 Å². The molecule has 134 valence electrons. The van der Waals surface area contributed by atoms with Gasteiger partial charge in [0.2, 0.25) is 0 Å². The minimum Gasteiger partial charge on any atom is -0.388 e. The number of nitrogens with one attached hydrogen (secondary N) is 1. The van der Waals surface area contributed by atoms with Crippen molar-refractivity contribution in [3.05, 3.63) is 42.5 Å². The number of benzene rings is 1. The third-order valence-electron chi connectivity index (χ3n) is 5.20. The number of nitrogens with zero attached hydrogens (tertiary/aromatic N) is 3. The summed E-state index contributed by atoms with van der Waals surface area (Å²) in [6.07, 6.45) is 9.03. The number of imidazole rings is 1. The summed E-state index contributed by atoms with van der Waals surface area (Å²) in [7, 11) is 1.93. The molecule has 1 aromatic heterocycles. The van der Waals surface area contributed by atoms with Gasteiger partial charge in [0.1, 0.15) is 17.0 Å². The van der Waals surface area contributed by atoms with Gasteiger partial charge in [-0.25, -0.2) is 4.98 Å². The average molecular weight is 359 g/mol. The van der Waals surface area contributed by atoms with E-state index in [1.165, 1.54) is 0 Å². The van der Waals surface area contributed by atoms with Crippen LogP contribution in [0.15, 0.2) is 36.7 Å². The fraction of sp³-hybridized carbons (Fsp3) is 0.474. The van der Waals surface area contributed by atoms with Gasteiger partial charge in [0.05, 0.1) is 0 Å². The van der Waals surface area contributed by atoms with Gasteiger partial charge >= 0.3 is 0 Å². The minimum atomic E-state index is -0.415. The van der Waals surface area contributed by atoms with Crippen molar-refractivity contribution in [2.75, 3.05) is 31.7 Å². The molecule has 2 heterocycles. The van der Waals surface area contributed by atoms with Crippen molar-refractivity contribution in [1.29, 1.82) is 0 Å². The molecule has 25 heavy (non-hydrogen) atoms. The van der Waals surface area contributed by atoms with Crippen LogP contribution in [-0.4, -0.2) is 52.0 Å². The van der Waals surface area contributed by atoms with E-state index in [0.29, 0.717) is 5.92 Å². The predicted octanol–water partition coefficient (Wildman–Crippen LogP) is 3.37. The van der Waals surface area contributed by atoms with Crippen LogP contribution in [0.3, 0.4) is 0 Å². The Labute approximate surface area is 153 Å². The third-order valence-corrected chi connectivity index (χ3v) is 6.38. The monoisotopic (exact) mass is 358 g/mol. The van der Waals surface area contributed by atoms with E-state index < -0.39 is 4.87 Å². The van der Waals surface area contributed by atoms with E-state index in [9.17, 15) is 4.79 Å². The first kappa shape index (κ1) is 18.0. The quantitative estimate of drug-likeness (QED) is 0.803. The Morgan fingerprint density at radius 2 is 2.12 bits per heavy atom.